The number of methoxy groups -OCH3 is 1. The van der Waals surface area contributed by atoms with Crippen molar-refractivity contribution < 1.29 is 21.9 Å². The van der Waals surface area contributed by atoms with Crippen LogP contribution in [0.5, 0.6) is 0 Å². The van der Waals surface area contributed by atoms with Crippen LogP contribution in [0.3, 0.4) is 0 Å². The molecule has 0 saturated carbocycles. The first-order valence-electron chi connectivity index (χ1n) is 7.04. The van der Waals surface area contributed by atoms with Crippen LogP contribution in [0.15, 0.2) is 23.1 Å². The van der Waals surface area contributed by atoms with Crippen molar-refractivity contribution in [3.63, 3.8) is 0 Å². The molecule has 124 valence electrons. The molecule has 22 heavy (non-hydrogen) atoms. The van der Waals surface area contributed by atoms with Crippen molar-refractivity contribution in [1.82, 2.24) is 10.0 Å². The zero-order valence-electron chi connectivity index (χ0n) is 12.4. The average molecular weight is 334 g/mol. The van der Waals surface area contributed by atoms with Gasteiger partial charge in [0.2, 0.25) is 10.0 Å². The molecule has 1 aliphatic rings. The minimum absolute atomic E-state index is 0.126. The Hall–Kier alpha value is -1.09. The predicted molar refractivity (Wildman–Crippen MR) is 78.0 cm³/mol. The summed E-state index contributed by atoms with van der Waals surface area (Å²) in [4.78, 5) is -0.672. The lowest BCUT2D eigenvalue weighted by atomic mass is 9.80. The molecule has 0 atom stereocenters. The maximum Gasteiger partial charge on any atom is 0.243 e. The monoisotopic (exact) mass is 334 g/mol. The first-order chi connectivity index (χ1) is 10.4. The van der Waals surface area contributed by atoms with Gasteiger partial charge in [-0.3, -0.25) is 0 Å². The number of hydrogen-bond donors (Lipinski definition) is 2. The quantitative estimate of drug-likeness (QED) is 0.822. The van der Waals surface area contributed by atoms with Crippen molar-refractivity contribution in [2.75, 3.05) is 33.4 Å². The molecule has 0 aromatic heterocycles. The number of benzene rings is 1. The second-order valence-electron chi connectivity index (χ2n) is 5.56. The van der Waals surface area contributed by atoms with Gasteiger partial charge in [-0.05, 0) is 38.1 Å². The molecule has 0 unspecified atom stereocenters. The van der Waals surface area contributed by atoms with Crippen LogP contribution in [0.25, 0.3) is 0 Å². The van der Waals surface area contributed by atoms with E-state index in [-0.39, 0.29) is 12.0 Å². The fourth-order valence-corrected chi connectivity index (χ4v) is 3.90. The van der Waals surface area contributed by atoms with Gasteiger partial charge in [-0.1, -0.05) is 6.07 Å². The van der Waals surface area contributed by atoms with Gasteiger partial charge in [-0.25, -0.2) is 21.9 Å². The van der Waals surface area contributed by atoms with E-state index in [9.17, 15) is 17.2 Å². The van der Waals surface area contributed by atoms with Gasteiger partial charge in [0.05, 0.1) is 6.61 Å². The second-order valence-corrected chi connectivity index (χ2v) is 7.29. The van der Waals surface area contributed by atoms with E-state index < -0.39 is 26.6 Å². The van der Waals surface area contributed by atoms with Crippen molar-refractivity contribution in [3.8, 4) is 0 Å². The molecule has 0 radical (unpaired) electrons. The van der Waals surface area contributed by atoms with Gasteiger partial charge in [0.15, 0.2) is 11.6 Å². The van der Waals surface area contributed by atoms with Crippen LogP contribution in [0, 0.1) is 17.0 Å². The van der Waals surface area contributed by atoms with Gasteiger partial charge < -0.3 is 10.1 Å². The highest BCUT2D eigenvalue weighted by molar-refractivity contribution is 7.89. The van der Waals surface area contributed by atoms with E-state index in [0.717, 1.165) is 38.1 Å². The van der Waals surface area contributed by atoms with Gasteiger partial charge in [0.1, 0.15) is 4.90 Å². The predicted octanol–water partition coefficient (Wildman–Crippen LogP) is 1.26. The Morgan fingerprint density at radius 2 is 2.00 bits per heavy atom. The summed E-state index contributed by atoms with van der Waals surface area (Å²) >= 11 is 0. The molecule has 2 N–H and O–H groups in total. The summed E-state index contributed by atoms with van der Waals surface area (Å²) in [5.41, 5.74) is -0.336. The van der Waals surface area contributed by atoms with E-state index in [1.807, 2.05) is 0 Å². The zero-order valence-corrected chi connectivity index (χ0v) is 13.2. The van der Waals surface area contributed by atoms with E-state index in [0.29, 0.717) is 6.61 Å². The van der Waals surface area contributed by atoms with Crippen LogP contribution >= 0.6 is 0 Å². The molecule has 0 spiro atoms. The molecular formula is C14H20F2N2O3S. The lowest BCUT2D eigenvalue weighted by Crippen LogP contribution is -2.47. The minimum Gasteiger partial charge on any atom is -0.384 e. The van der Waals surface area contributed by atoms with Crippen molar-refractivity contribution in [3.05, 3.63) is 29.8 Å². The molecule has 2 rings (SSSR count). The van der Waals surface area contributed by atoms with E-state index in [1.54, 1.807) is 7.11 Å². The highest BCUT2D eigenvalue weighted by Crippen LogP contribution is 2.29. The lowest BCUT2D eigenvalue weighted by Gasteiger charge is -2.37. The summed E-state index contributed by atoms with van der Waals surface area (Å²) in [6.45, 7) is 2.06. The molecule has 0 bridgehead atoms. The first kappa shape index (κ1) is 17.3. The maximum absolute atomic E-state index is 13.7. The van der Waals surface area contributed by atoms with Gasteiger partial charge in [0.25, 0.3) is 0 Å². The average Bonchev–Trinajstić information content (AvgIpc) is 2.49. The van der Waals surface area contributed by atoms with Crippen molar-refractivity contribution in [1.29, 1.82) is 0 Å². The Kier molecular flexibility index (Phi) is 5.49. The van der Waals surface area contributed by atoms with Crippen LogP contribution < -0.4 is 10.0 Å². The molecular weight excluding hydrogens is 314 g/mol. The third kappa shape index (κ3) is 3.81. The van der Waals surface area contributed by atoms with Crippen LogP contribution in [0.2, 0.25) is 0 Å². The summed E-state index contributed by atoms with van der Waals surface area (Å²) in [7, 11) is -2.55. The highest BCUT2D eigenvalue weighted by atomic mass is 32.2. The number of hydrogen-bond acceptors (Lipinski definition) is 4. The number of piperidine rings is 1. The largest absolute Gasteiger partial charge is 0.384 e. The lowest BCUT2D eigenvalue weighted by molar-refractivity contribution is 0.0577. The van der Waals surface area contributed by atoms with Crippen LogP contribution in [-0.2, 0) is 14.8 Å². The number of rotatable bonds is 6. The van der Waals surface area contributed by atoms with Gasteiger partial charge in [-0.2, -0.15) is 0 Å². The van der Waals surface area contributed by atoms with Crippen LogP contribution in [0.4, 0.5) is 8.78 Å². The second kappa shape index (κ2) is 6.99. The third-order valence-corrected chi connectivity index (χ3v) is 5.38. The van der Waals surface area contributed by atoms with Crippen molar-refractivity contribution in [2.45, 2.75) is 17.7 Å². The SMILES string of the molecule is COCC1(CNS(=O)(=O)c2cccc(F)c2F)CCNCC1. The van der Waals surface area contributed by atoms with E-state index in [4.69, 9.17) is 4.74 Å². The number of ether oxygens (including phenoxy) is 1. The molecule has 5 nitrogen and oxygen atoms in total. The van der Waals surface area contributed by atoms with Crippen LogP contribution in [0.1, 0.15) is 12.8 Å². The minimum atomic E-state index is -4.11. The zero-order chi connectivity index (χ0) is 16.2. The smallest absolute Gasteiger partial charge is 0.243 e. The van der Waals surface area contributed by atoms with Crippen LogP contribution in [-0.4, -0.2) is 41.8 Å². The van der Waals surface area contributed by atoms with Gasteiger partial charge in [-0.15, -0.1) is 0 Å². The number of halogens is 2. The van der Waals surface area contributed by atoms with E-state index >= 15 is 0 Å². The Balaban J connectivity index is 2.16. The molecule has 0 amide bonds. The highest BCUT2D eigenvalue weighted by Gasteiger charge is 2.34. The normalized spacial score (nSPS) is 18.3. The molecule has 1 saturated heterocycles. The van der Waals surface area contributed by atoms with Crippen molar-refractivity contribution >= 4 is 10.0 Å². The Bertz CT molecular complexity index is 611. The van der Waals surface area contributed by atoms with E-state index in [1.165, 1.54) is 6.07 Å². The molecule has 1 aromatic carbocycles. The summed E-state index contributed by atoms with van der Waals surface area (Å²) in [5, 5.41) is 3.20. The standard InChI is InChI=1S/C14H20F2N2O3S/c1-21-10-14(5-7-17-8-6-14)9-18-22(19,20)12-4-2-3-11(15)13(12)16/h2-4,17-18H,5-10H2,1H3. The topological polar surface area (TPSA) is 67.4 Å². The van der Waals surface area contributed by atoms with Gasteiger partial charge in [0, 0.05) is 19.1 Å². The van der Waals surface area contributed by atoms with Gasteiger partial charge >= 0.3 is 0 Å². The van der Waals surface area contributed by atoms with Crippen molar-refractivity contribution in [2.24, 2.45) is 5.41 Å². The number of nitrogens with one attached hydrogen (secondary N) is 2. The summed E-state index contributed by atoms with van der Waals surface area (Å²) in [5.74, 6) is -2.54. The molecule has 1 aliphatic heterocycles. The molecule has 8 heteroatoms. The third-order valence-electron chi connectivity index (χ3n) is 3.96. The summed E-state index contributed by atoms with van der Waals surface area (Å²) in [6, 6.07) is 3.10. The maximum atomic E-state index is 13.7. The molecule has 1 fully saturated rings. The summed E-state index contributed by atoms with van der Waals surface area (Å²) < 4.78 is 58.9. The summed E-state index contributed by atoms with van der Waals surface area (Å²) in [6.07, 6.45) is 1.49. The Labute approximate surface area is 129 Å². The fraction of sp³-hybridized carbons (Fsp3) is 0.571. The fourth-order valence-electron chi connectivity index (χ4n) is 2.65. The molecule has 0 aliphatic carbocycles. The Morgan fingerprint density at radius 1 is 1.32 bits per heavy atom. The molecule has 1 heterocycles. The first-order valence-corrected chi connectivity index (χ1v) is 8.52. The van der Waals surface area contributed by atoms with E-state index in [2.05, 4.69) is 10.0 Å². The number of sulfonamides is 1. The molecule has 1 aromatic rings. The Morgan fingerprint density at radius 3 is 2.64 bits per heavy atom.